The van der Waals surface area contributed by atoms with Crippen LogP contribution in [-0.4, -0.2) is 93.7 Å². The fourth-order valence-corrected chi connectivity index (χ4v) is 7.83. The molecule has 1 fully saturated rings. The Labute approximate surface area is 371 Å². The predicted octanol–water partition coefficient (Wildman–Crippen LogP) is 11.5. The summed E-state index contributed by atoms with van der Waals surface area (Å²) in [6.45, 7) is 10.5. The second-order valence-corrected chi connectivity index (χ2v) is 17.2. The molecule has 0 aromatic rings. The van der Waals surface area contributed by atoms with Gasteiger partial charge in [-0.1, -0.05) is 181 Å². The molecule has 6 unspecified atom stereocenters. The zero-order chi connectivity index (χ0) is 44.8. The van der Waals surface area contributed by atoms with Gasteiger partial charge in [-0.15, -0.1) is 0 Å². The average molecular weight is 871 g/mol. The third-order valence-electron chi connectivity index (χ3n) is 11.2. The largest absolute Gasteiger partial charge is 0.463 e. The van der Waals surface area contributed by atoms with Crippen molar-refractivity contribution in [2.24, 2.45) is 0 Å². The van der Waals surface area contributed by atoms with Gasteiger partial charge in [0.15, 0.2) is 24.6 Å². The van der Waals surface area contributed by atoms with Crippen molar-refractivity contribution in [2.45, 2.75) is 258 Å². The monoisotopic (exact) mass is 871 g/mol. The van der Waals surface area contributed by atoms with Crippen LogP contribution in [0.3, 0.4) is 0 Å². The van der Waals surface area contributed by atoms with E-state index in [0.717, 1.165) is 25.7 Å². The van der Waals surface area contributed by atoms with Gasteiger partial charge in [-0.3, -0.25) is 19.2 Å². The molecule has 1 rings (SSSR count). The lowest BCUT2D eigenvalue weighted by atomic mass is 9.98. The number of hydrogen-bond donors (Lipinski definition) is 0. The molecule has 0 aliphatic carbocycles. The summed E-state index contributed by atoms with van der Waals surface area (Å²) in [4.78, 5) is 48.4. The SMILES string of the molecule is CCCCCCCCCCCCCCCCOCC(COC1OC(COC(C)=O)C(OC(C)=O)C(OC(C)=O)C1OC(C)=O)OCCCCCCCCCCCCCCCC. The van der Waals surface area contributed by atoms with Gasteiger partial charge in [0, 0.05) is 40.9 Å². The summed E-state index contributed by atoms with van der Waals surface area (Å²) in [6, 6.07) is 0. The van der Waals surface area contributed by atoms with Crippen molar-refractivity contribution in [3.63, 3.8) is 0 Å². The highest BCUT2D eigenvalue weighted by Gasteiger charge is 2.53. The summed E-state index contributed by atoms with van der Waals surface area (Å²) in [7, 11) is 0. The fraction of sp³-hybridized carbons (Fsp3) is 0.918. The van der Waals surface area contributed by atoms with Gasteiger partial charge in [0.05, 0.1) is 13.2 Å². The van der Waals surface area contributed by atoms with Crippen molar-refractivity contribution in [1.29, 1.82) is 0 Å². The lowest BCUT2D eigenvalue weighted by molar-refractivity contribution is -0.312. The van der Waals surface area contributed by atoms with Gasteiger partial charge in [-0.05, 0) is 12.8 Å². The van der Waals surface area contributed by atoms with Crippen LogP contribution >= 0.6 is 0 Å². The van der Waals surface area contributed by atoms with Gasteiger partial charge in [0.2, 0.25) is 0 Å². The average Bonchev–Trinajstić information content (AvgIpc) is 3.21. The highest BCUT2D eigenvalue weighted by atomic mass is 16.7. The molecule has 0 aromatic heterocycles. The smallest absolute Gasteiger partial charge is 0.303 e. The molecule has 0 bridgehead atoms. The minimum atomic E-state index is -1.30. The van der Waals surface area contributed by atoms with Crippen LogP contribution in [0.2, 0.25) is 0 Å². The van der Waals surface area contributed by atoms with Crippen molar-refractivity contribution in [3.05, 3.63) is 0 Å². The topological polar surface area (TPSA) is 142 Å². The summed E-state index contributed by atoms with van der Waals surface area (Å²) in [5.41, 5.74) is 0. The number of esters is 4. The molecule has 61 heavy (non-hydrogen) atoms. The number of hydrogen-bond acceptors (Lipinski definition) is 12. The maximum Gasteiger partial charge on any atom is 0.303 e. The molecule has 6 atom stereocenters. The van der Waals surface area contributed by atoms with Crippen molar-refractivity contribution in [3.8, 4) is 0 Å². The van der Waals surface area contributed by atoms with Crippen molar-refractivity contribution >= 4 is 23.9 Å². The molecule has 1 aliphatic heterocycles. The molecule has 12 nitrogen and oxygen atoms in total. The first-order chi connectivity index (χ1) is 29.6. The number of carbonyl (C=O) groups excluding carboxylic acids is 4. The van der Waals surface area contributed by atoms with E-state index in [9.17, 15) is 19.2 Å². The molecule has 0 radical (unpaired) electrons. The first-order valence-electron chi connectivity index (χ1n) is 24.7. The molecule has 12 heteroatoms. The maximum atomic E-state index is 12.3. The minimum absolute atomic E-state index is 0.0189. The molecular weight excluding hydrogens is 781 g/mol. The first kappa shape index (κ1) is 56.7. The van der Waals surface area contributed by atoms with Crippen LogP contribution in [0.25, 0.3) is 0 Å². The van der Waals surface area contributed by atoms with Crippen LogP contribution < -0.4 is 0 Å². The van der Waals surface area contributed by atoms with E-state index >= 15 is 0 Å². The van der Waals surface area contributed by atoms with E-state index in [1.54, 1.807) is 0 Å². The second-order valence-electron chi connectivity index (χ2n) is 17.2. The molecule has 0 saturated carbocycles. The lowest BCUT2D eigenvalue weighted by Gasteiger charge is -2.44. The minimum Gasteiger partial charge on any atom is -0.463 e. The Morgan fingerprint density at radius 3 is 1.23 bits per heavy atom. The first-order valence-corrected chi connectivity index (χ1v) is 24.7. The van der Waals surface area contributed by atoms with Crippen LogP contribution in [-0.2, 0) is 57.1 Å². The number of carbonyl (C=O) groups is 4. The Hall–Kier alpha value is -2.28. The highest BCUT2D eigenvalue weighted by Crippen LogP contribution is 2.30. The van der Waals surface area contributed by atoms with Gasteiger partial charge in [-0.25, -0.2) is 0 Å². The Bertz CT molecular complexity index is 1090. The molecule has 1 saturated heterocycles. The van der Waals surface area contributed by atoms with Crippen LogP contribution in [0, 0.1) is 0 Å². The van der Waals surface area contributed by atoms with Crippen LogP contribution in [0.4, 0.5) is 0 Å². The highest BCUT2D eigenvalue weighted by molar-refractivity contribution is 5.68. The van der Waals surface area contributed by atoms with Crippen LogP contribution in [0.1, 0.15) is 221 Å². The van der Waals surface area contributed by atoms with E-state index in [-0.39, 0.29) is 13.2 Å². The molecule has 0 aromatic carbocycles. The standard InChI is InChI=1S/C49H90O12/c1-7-9-11-13-15-17-19-21-23-25-27-29-31-33-35-54-37-44(55-36-34-32-30-28-26-24-22-20-18-16-14-12-10-8-2)38-57-49-48(60-43(6)53)47(59-42(5)52)46(58-41(4)51)45(61-49)39-56-40(3)50/h44-49H,7-39H2,1-6H3. The van der Waals surface area contributed by atoms with Gasteiger partial charge in [0.1, 0.15) is 18.8 Å². The van der Waals surface area contributed by atoms with E-state index in [1.807, 2.05) is 0 Å². The van der Waals surface area contributed by atoms with Gasteiger partial charge in [0.25, 0.3) is 0 Å². The van der Waals surface area contributed by atoms with E-state index in [0.29, 0.717) is 19.8 Å². The number of ether oxygens (including phenoxy) is 8. The van der Waals surface area contributed by atoms with E-state index in [4.69, 9.17) is 37.9 Å². The normalized spacial score (nSPS) is 19.3. The molecule has 358 valence electrons. The van der Waals surface area contributed by atoms with Gasteiger partial charge < -0.3 is 37.9 Å². The van der Waals surface area contributed by atoms with E-state index in [1.165, 1.54) is 182 Å². The zero-order valence-corrected chi connectivity index (χ0v) is 39.7. The molecule has 0 spiro atoms. The van der Waals surface area contributed by atoms with E-state index in [2.05, 4.69) is 13.8 Å². The zero-order valence-electron chi connectivity index (χ0n) is 39.7. The maximum absolute atomic E-state index is 12.3. The molecular formula is C49H90O12. The summed E-state index contributed by atoms with van der Waals surface area (Å²) in [5, 5.41) is 0. The third-order valence-corrected chi connectivity index (χ3v) is 11.2. The van der Waals surface area contributed by atoms with Crippen molar-refractivity contribution in [2.75, 3.05) is 33.0 Å². The Morgan fingerprint density at radius 1 is 0.443 bits per heavy atom. The molecule has 1 aliphatic rings. The molecule has 0 N–H and O–H groups in total. The predicted molar refractivity (Wildman–Crippen MR) is 239 cm³/mol. The van der Waals surface area contributed by atoms with Crippen molar-refractivity contribution in [1.82, 2.24) is 0 Å². The Morgan fingerprint density at radius 2 is 0.820 bits per heavy atom. The lowest BCUT2D eigenvalue weighted by Crippen LogP contribution is -2.63. The Kier molecular flexibility index (Phi) is 36.6. The van der Waals surface area contributed by atoms with E-state index < -0.39 is 60.7 Å². The molecule has 1 heterocycles. The van der Waals surface area contributed by atoms with Gasteiger partial charge >= 0.3 is 23.9 Å². The summed E-state index contributed by atoms with van der Waals surface area (Å²) >= 11 is 0. The molecule has 0 amide bonds. The van der Waals surface area contributed by atoms with Crippen LogP contribution in [0.5, 0.6) is 0 Å². The second kappa shape index (κ2) is 39.3. The third kappa shape index (κ3) is 32.1. The quantitative estimate of drug-likeness (QED) is 0.0328. The van der Waals surface area contributed by atoms with Gasteiger partial charge in [-0.2, -0.15) is 0 Å². The summed E-state index contributed by atoms with van der Waals surface area (Å²) in [5.74, 6) is -2.65. The summed E-state index contributed by atoms with van der Waals surface area (Å²) < 4.78 is 46.7. The number of rotatable bonds is 41. The Balaban J connectivity index is 2.72. The number of unbranched alkanes of at least 4 members (excludes halogenated alkanes) is 26. The summed E-state index contributed by atoms with van der Waals surface area (Å²) in [6.07, 6.45) is 29.2. The van der Waals surface area contributed by atoms with Crippen LogP contribution in [0.15, 0.2) is 0 Å². The fourth-order valence-electron chi connectivity index (χ4n) is 7.83. The van der Waals surface area contributed by atoms with Crippen molar-refractivity contribution < 1.29 is 57.1 Å².